The van der Waals surface area contributed by atoms with E-state index >= 15 is 0 Å². The summed E-state index contributed by atoms with van der Waals surface area (Å²) in [7, 11) is 0. The van der Waals surface area contributed by atoms with Crippen molar-refractivity contribution in [1.82, 2.24) is 25.3 Å². The highest BCUT2D eigenvalue weighted by atomic mass is 35.5. The first-order valence-electron chi connectivity index (χ1n) is 8.62. The molecule has 8 nitrogen and oxygen atoms in total. The summed E-state index contributed by atoms with van der Waals surface area (Å²) in [5.41, 5.74) is 1.90. The van der Waals surface area contributed by atoms with Gasteiger partial charge in [-0.2, -0.15) is 9.37 Å². The number of benzene rings is 1. The third-order valence-corrected chi connectivity index (χ3v) is 5.73. The van der Waals surface area contributed by atoms with E-state index in [4.69, 9.17) is 16.3 Å². The molecule has 1 amide bonds. The molecule has 0 bridgehead atoms. The monoisotopic (exact) mass is 430 g/mol. The molecule has 2 N–H and O–H groups in total. The van der Waals surface area contributed by atoms with Crippen molar-refractivity contribution in [2.75, 3.05) is 11.9 Å². The molecule has 0 aliphatic carbocycles. The lowest BCUT2D eigenvalue weighted by Gasteiger charge is -2.10. The van der Waals surface area contributed by atoms with Gasteiger partial charge in [0.25, 0.3) is 11.8 Å². The first kappa shape index (κ1) is 18.0. The number of nitrogens with zero attached hydrogens (tertiary/aromatic N) is 4. The molecule has 5 rings (SSSR count). The molecule has 1 aromatic carbocycles. The summed E-state index contributed by atoms with van der Waals surface area (Å²) in [5, 5.41) is 6.96. The van der Waals surface area contributed by atoms with Gasteiger partial charge in [0, 0.05) is 22.7 Å². The highest BCUT2D eigenvalue weighted by molar-refractivity contribution is 7.21. The smallest absolute Gasteiger partial charge is 0.263 e. The number of fused-ring (bicyclic) bond motifs is 5. The maximum atomic E-state index is 13.8. The highest BCUT2D eigenvalue weighted by Crippen LogP contribution is 2.40. The van der Waals surface area contributed by atoms with Gasteiger partial charge in [-0.15, -0.1) is 11.3 Å². The van der Waals surface area contributed by atoms with Crippen molar-refractivity contribution >= 4 is 55.7 Å². The summed E-state index contributed by atoms with van der Waals surface area (Å²) in [4.78, 5) is 29.2. The van der Waals surface area contributed by atoms with E-state index in [1.165, 1.54) is 17.5 Å². The standard InChI is InChI=1S/C18H12ClFN6O2S/c1-7-4-21-14-12-10(29-15(14)16(27)24-7)3-2-9-13(12)22-6-11(25-9)28-17-8(20)5-23-18(19)26-17/h2-3,5-7,21H,4H2,1H3,(H,24,27)/t7-/m1/s1. The number of nitrogens with one attached hydrogen (secondary N) is 2. The van der Waals surface area contributed by atoms with E-state index in [1.54, 1.807) is 6.07 Å². The van der Waals surface area contributed by atoms with Gasteiger partial charge in [0.05, 0.1) is 29.1 Å². The second-order valence-corrected chi connectivity index (χ2v) is 7.86. The Morgan fingerprint density at radius 3 is 3.00 bits per heavy atom. The normalized spacial score (nSPS) is 16.2. The second-order valence-electron chi connectivity index (χ2n) is 6.47. The lowest BCUT2D eigenvalue weighted by Crippen LogP contribution is -2.34. The van der Waals surface area contributed by atoms with Crippen molar-refractivity contribution in [3.63, 3.8) is 0 Å². The molecule has 4 aromatic rings. The van der Waals surface area contributed by atoms with E-state index in [-0.39, 0.29) is 29.0 Å². The predicted molar refractivity (Wildman–Crippen MR) is 107 cm³/mol. The van der Waals surface area contributed by atoms with Gasteiger partial charge in [-0.05, 0) is 30.7 Å². The fourth-order valence-electron chi connectivity index (χ4n) is 3.13. The molecule has 0 saturated heterocycles. The molecule has 4 heterocycles. The Balaban J connectivity index is 1.62. The third kappa shape index (κ3) is 3.10. The zero-order valence-corrected chi connectivity index (χ0v) is 16.4. The van der Waals surface area contributed by atoms with Crippen LogP contribution in [0.2, 0.25) is 5.28 Å². The Labute approximate surface area is 172 Å². The summed E-state index contributed by atoms with van der Waals surface area (Å²) in [5.74, 6) is -1.15. The Morgan fingerprint density at radius 2 is 2.14 bits per heavy atom. The number of carbonyl (C=O) groups excluding carboxylic acids is 1. The number of rotatable bonds is 2. The average Bonchev–Trinajstić information content (AvgIpc) is 3.01. The molecule has 29 heavy (non-hydrogen) atoms. The van der Waals surface area contributed by atoms with E-state index in [0.717, 1.165) is 22.0 Å². The van der Waals surface area contributed by atoms with Gasteiger partial charge >= 0.3 is 0 Å². The van der Waals surface area contributed by atoms with Crippen molar-refractivity contribution in [1.29, 1.82) is 0 Å². The number of carbonyl (C=O) groups is 1. The van der Waals surface area contributed by atoms with Crippen LogP contribution in [0.1, 0.15) is 16.6 Å². The first-order valence-corrected chi connectivity index (χ1v) is 9.82. The number of ether oxygens (including phenoxy) is 1. The van der Waals surface area contributed by atoms with Gasteiger partial charge in [0.1, 0.15) is 4.88 Å². The molecule has 3 aromatic heterocycles. The lowest BCUT2D eigenvalue weighted by molar-refractivity contribution is 0.0949. The molecule has 1 aliphatic heterocycles. The maximum Gasteiger partial charge on any atom is 0.263 e. The zero-order chi connectivity index (χ0) is 20.1. The van der Waals surface area contributed by atoms with Crippen LogP contribution in [0.3, 0.4) is 0 Å². The molecule has 0 spiro atoms. The quantitative estimate of drug-likeness (QED) is 0.467. The van der Waals surface area contributed by atoms with E-state index in [1.807, 2.05) is 13.0 Å². The minimum absolute atomic E-state index is 0.00722. The molecule has 146 valence electrons. The number of halogens is 2. The topological polar surface area (TPSA) is 102 Å². The second kappa shape index (κ2) is 6.75. The average molecular weight is 431 g/mol. The largest absolute Gasteiger partial charge is 0.416 e. The van der Waals surface area contributed by atoms with Gasteiger partial charge in [-0.3, -0.25) is 4.79 Å². The van der Waals surface area contributed by atoms with Crippen LogP contribution < -0.4 is 15.4 Å². The Kier molecular flexibility index (Phi) is 4.18. The predicted octanol–water partition coefficient (Wildman–Crippen LogP) is 3.76. The van der Waals surface area contributed by atoms with Crippen molar-refractivity contribution in [2.45, 2.75) is 13.0 Å². The molecule has 11 heteroatoms. The number of amides is 1. The summed E-state index contributed by atoms with van der Waals surface area (Å²) >= 11 is 7.08. The maximum absolute atomic E-state index is 13.8. The van der Waals surface area contributed by atoms with Crippen molar-refractivity contribution in [3.8, 4) is 11.8 Å². The molecular weight excluding hydrogens is 419 g/mol. The van der Waals surface area contributed by atoms with Gasteiger partial charge in [-0.1, -0.05) is 0 Å². The molecule has 1 aliphatic rings. The van der Waals surface area contributed by atoms with Crippen LogP contribution in [0.4, 0.5) is 10.1 Å². The van der Waals surface area contributed by atoms with Crippen molar-refractivity contribution in [2.24, 2.45) is 0 Å². The molecule has 0 fully saturated rings. The number of hydrogen-bond acceptors (Lipinski definition) is 8. The van der Waals surface area contributed by atoms with Crippen molar-refractivity contribution in [3.05, 3.63) is 40.5 Å². The molecule has 0 unspecified atom stereocenters. The summed E-state index contributed by atoms with van der Waals surface area (Å²) in [6.45, 7) is 2.53. The van der Waals surface area contributed by atoms with Crippen LogP contribution in [0, 0.1) is 5.82 Å². The van der Waals surface area contributed by atoms with Crippen LogP contribution >= 0.6 is 22.9 Å². The van der Waals surface area contributed by atoms with Crippen LogP contribution in [0.5, 0.6) is 11.8 Å². The Hall–Kier alpha value is -3.11. The van der Waals surface area contributed by atoms with Gasteiger partial charge in [0.15, 0.2) is 0 Å². The molecule has 1 atom stereocenters. The molecular formula is C18H12ClFN6O2S. The minimum atomic E-state index is -0.765. The highest BCUT2D eigenvalue weighted by Gasteiger charge is 2.25. The summed E-state index contributed by atoms with van der Waals surface area (Å²) < 4.78 is 20.1. The van der Waals surface area contributed by atoms with Crippen LogP contribution in [-0.2, 0) is 0 Å². The lowest BCUT2D eigenvalue weighted by atomic mass is 10.1. The number of aromatic nitrogens is 4. The minimum Gasteiger partial charge on any atom is -0.416 e. The third-order valence-electron chi connectivity index (χ3n) is 4.39. The van der Waals surface area contributed by atoms with E-state index in [9.17, 15) is 9.18 Å². The van der Waals surface area contributed by atoms with Crippen LogP contribution in [0.15, 0.2) is 24.5 Å². The van der Waals surface area contributed by atoms with E-state index < -0.39 is 5.82 Å². The first-order chi connectivity index (χ1) is 14.0. The number of hydrogen-bond donors (Lipinski definition) is 2. The number of thiophene rings is 1. The van der Waals surface area contributed by atoms with E-state index in [2.05, 4.69) is 30.6 Å². The zero-order valence-electron chi connectivity index (χ0n) is 14.9. The van der Waals surface area contributed by atoms with E-state index in [0.29, 0.717) is 22.5 Å². The Bertz CT molecular complexity index is 1300. The van der Waals surface area contributed by atoms with Crippen LogP contribution in [0.25, 0.3) is 21.1 Å². The van der Waals surface area contributed by atoms with Gasteiger partial charge in [-0.25, -0.2) is 15.0 Å². The van der Waals surface area contributed by atoms with Crippen molar-refractivity contribution < 1.29 is 13.9 Å². The number of anilines is 1. The van der Waals surface area contributed by atoms with Gasteiger partial charge < -0.3 is 15.4 Å². The molecule has 0 radical (unpaired) electrons. The van der Waals surface area contributed by atoms with Crippen LogP contribution in [-0.4, -0.2) is 38.4 Å². The Morgan fingerprint density at radius 1 is 1.28 bits per heavy atom. The SMILES string of the molecule is C[C@@H]1CNc2c(sc3ccc4nc(Oc5nc(Cl)ncc5F)cnc4c23)C(=O)N1. The molecule has 0 saturated carbocycles. The van der Waals surface area contributed by atoms with Gasteiger partial charge in [0.2, 0.25) is 17.0 Å². The summed E-state index contributed by atoms with van der Waals surface area (Å²) in [6.07, 6.45) is 2.29. The fourth-order valence-corrected chi connectivity index (χ4v) is 4.34. The summed E-state index contributed by atoms with van der Waals surface area (Å²) in [6, 6.07) is 3.65. The fraction of sp³-hybridized carbons (Fsp3) is 0.167.